The third kappa shape index (κ3) is 17.3. The van der Waals surface area contributed by atoms with Crippen LogP contribution >= 0.6 is 0 Å². The number of unbranched alkanes of at least 4 members (excludes halogenated alkanes) is 12. The molecule has 0 aliphatic carbocycles. The van der Waals surface area contributed by atoms with Crippen molar-refractivity contribution < 1.29 is 14.2 Å². The molecule has 288 valence electrons. The molecule has 0 spiro atoms. The summed E-state index contributed by atoms with van der Waals surface area (Å²) in [4.78, 5) is 27.2. The van der Waals surface area contributed by atoms with Crippen LogP contribution in [-0.4, -0.2) is 53.4 Å². The summed E-state index contributed by atoms with van der Waals surface area (Å²) in [6.07, 6.45) is 23.3. The molecule has 0 saturated carbocycles. The molecule has 0 bridgehead atoms. The standard InChI is InChI=1S/C45H60N6O3/c1-4-7-10-13-16-31-52-40-25-19-37(20-26-40)34-46-43-49-44(47-35-38-21-27-41(28-22-38)53-32-17-14-11-8-5-2)51-45(50-43)48-36-39-23-29-42(30-24-39)54-33-18-15-12-9-6-3/h19-30,34-36H,4-18,31-33H2,1-3H3/b46-34+,47-35+,48-36+. The molecule has 4 rings (SSSR count). The van der Waals surface area contributed by atoms with Gasteiger partial charge in [-0.15, -0.1) is 0 Å². The van der Waals surface area contributed by atoms with Gasteiger partial charge in [-0.25, -0.2) is 15.0 Å². The monoisotopic (exact) mass is 732 g/mol. The molecule has 0 saturated heterocycles. The Kier molecular flexibility index (Phi) is 20.1. The Morgan fingerprint density at radius 2 is 0.630 bits per heavy atom. The van der Waals surface area contributed by atoms with E-state index in [0.29, 0.717) is 0 Å². The zero-order valence-electron chi connectivity index (χ0n) is 32.8. The highest BCUT2D eigenvalue weighted by atomic mass is 16.5. The van der Waals surface area contributed by atoms with Crippen molar-refractivity contribution in [3.05, 3.63) is 89.5 Å². The Morgan fingerprint density at radius 1 is 0.370 bits per heavy atom. The smallest absolute Gasteiger partial charge is 0.256 e. The summed E-state index contributed by atoms with van der Waals surface area (Å²) >= 11 is 0. The molecule has 0 aliphatic rings. The van der Waals surface area contributed by atoms with Crippen molar-refractivity contribution in [1.29, 1.82) is 0 Å². The predicted molar refractivity (Wildman–Crippen MR) is 224 cm³/mol. The second-order valence-corrected chi connectivity index (χ2v) is 13.5. The largest absolute Gasteiger partial charge is 0.494 e. The minimum Gasteiger partial charge on any atom is -0.494 e. The average molecular weight is 733 g/mol. The normalized spacial score (nSPS) is 11.6. The Labute approximate surface area is 323 Å². The van der Waals surface area contributed by atoms with Gasteiger partial charge in [0.15, 0.2) is 0 Å². The molecule has 3 aromatic carbocycles. The van der Waals surface area contributed by atoms with Crippen LogP contribution in [0.3, 0.4) is 0 Å². The molecule has 4 aromatic rings. The van der Waals surface area contributed by atoms with E-state index in [1.54, 1.807) is 18.6 Å². The van der Waals surface area contributed by atoms with Gasteiger partial charge in [0.05, 0.1) is 19.8 Å². The fraction of sp³-hybridized carbons (Fsp3) is 0.467. The van der Waals surface area contributed by atoms with Gasteiger partial charge in [-0.1, -0.05) is 97.8 Å². The van der Waals surface area contributed by atoms with Gasteiger partial charge in [0, 0.05) is 18.6 Å². The summed E-state index contributed by atoms with van der Waals surface area (Å²) < 4.78 is 17.8. The molecule has 0 radical (unpaired) electrons. The molecule has 54 heavy (non-hydrogen) atoms. The lowest BCUT2D eigenvalue weighted by Crippen LogP contribution is -1.97. The fourth-order valence-corrected chi connectivity index (χ4v) is 5.55. The van der Waals surface area contributed by atoms with E-state index in [4.69, 9.17) is 14.2 Å². The lowest BCUT2D eigenvalue weighted by Gasteiger charge is -2.06. The van der Waals surface area contributed by atoms with E-state index in [1.165, 1.54) is 77.0 Å². The van der Waals surface area contributed by atoms with Gasteiger partial charge in [-0.2, -0.15) is 15.0 Å². The highest BCUT2D eigenvalue weighted by Gasteiger charge is 2.05. The summed E-state index contributed by atoms with van der Waals surface area (Å²) in [5, 5.41) is 0. The number of nitrogens with zero attached hydrogens (tertiary/aromatic N) is 6. The number of aliphatic imine (C=N–C) groups is 3. The lowest BCUT2D eigenvalue weighted by atomic mass is 10.2. The first kappa shape index (κ1) is 41.8. The first-order chi connectivity index (χ1) is 26.6. The van der Waals surface area contributed by atoms with Gasteiger partial charge in [0.25, 0.3) is 17.8 Å². The van der Waals surface area contributed by atoms with E-state index in [2.05, 4.69) is 50.7 Å². The summed E-state index contributed by atoms with van der Waals surface area (Å²) in [6.45, 7) is 8.85. The van der Waals surface area contributed by atoms with E-state index in [0.717, 1.165) is 73.0 Å². The number of aromatic nitrogens is 3. The Bertz CT molecular complexity index is 1460. The van der Waals surface area contributed by atoms with Crippen molar-refractivity contribution >= 4 is 36.5 Å². The van der Waals surface area contributed by atoms with Crippen LogP contribution < -0.4 is 14.2 Å². The van der Waals surface area contributed by atoms with Gasteiger partial charge in [0.1, 0.15) is 17.2 Å². The van der Waals surface area contributed by atoms with E-state index in [-0.39, 0.29) is 17.8 Å². The number of rotatable bonds is 27. The number of hydrogen-bond acceptors (Lipinski definition) is 9. The van der Waals surface area contributed by atoms with Gasteiger partial charge in [-0.05, 0) is 109 Å². The van der Waals surface area contributed by atoms with Crippen LogP contribution in [0.2, 0.25) is 0 Å². The molecule has 0 atom stereocenters. The molecule has 0 N–H and O–H groups in total. The van der Waals surface area contributed by atoms with Crippen LogP contribution in [0.1, 0.15) is 134 Å². The second-order valence-electron chi connectivity index (χ2n) is 13.5. The molecule has 1 heterocycles. The van der Waals surface area contributed by atoms with Crippen LogP contribution in [0.5, 0.6) is 17.2 Å². The van der Waals surface area contributed by atoms with Crippen molar-refractivity contribution in [1.82, 2.24) is 15.0 Å². The minimum atomic E-state index is 0.210. The maximum atomic E-state index is 5.92. The van der Waals surface area contributed by atoms with Crippen LogP contribution in [0.15, 0.2) is 87.8 Å². The predicted octanol–water partition coefficient (Wildman–Crippen LogP) is 12.2. The number of ether oxygens (including phenoxy) is 3. The minimum absolute atomic E-state index is 0.210. The van der Waals surface area contributed by atoms with Crippen molar-refractivity contribution in [3.63, 3.8) is 0 Å². The third-order valence-corrected chi connectivity index (χ3v) is 8.78. The van der Waals surface area contributed by atoms with Crippen LogP contribution in [0.4, 0.5) is 17.8 Å². The molecule has 1 aromatic heterocycles. The zero-order valence-corrected chi connectivity index (χ0v) is 32.8. The van der Waals surface area contributed by atoms with E-state index < -0.39 is 0 Å². The van der Waals surface area contributed by atoms with Crippen molar-refractivity contribution in [2.45, 2.75) is 117 Å². The highest BCUT2D eigenvalue weighted by molar-refractivity contribution is 5.83. The Hall–Kier alpha value is -4.92. The highest BCUT2D eigenvalue weighted by Crippen LogP contribution is 2.20. The second kappa shape index (κ2) is 26.0. The molecule has 9 nitrogen and oxygen atoms in total. The molecule has 0 fully saturated rings. The number of hydrogen-bond donors (Lipinski definition) is 0. The van der Waals surface area contributed by atoms with E-state index in [9.17, 15) is 0 Å². The van der Waals surface area contributed by atoms with Crippen LogP contribution in [0, 0.1) is 0 Å². The topological polar surface area (TPSA) is 103 Å². The van der Waals surface area contributed by atoms with Crippen molar-refractivity contribution in [2.75, 3.05) is 19.8 Å². The first-order valence-corrected chi connectivity index (χ1v) is 20.2. The van der Waals surface area contributed by atoms with E-state index >= 15 is 0 Å². The average Bonchev–Trinajstić information content (AvgIpc) is 3.21. The first-order valence-electron chi connectivity index (χ1n) is 20.2. The van der Waals surface area contributed by atoms with Crippen molar-refractivity contribution in [2.24, 2.45) is 15.0 Å². The number of benzene rings is 3. The molecule has 9 heteroatoms. The molecule has 0 amide bonds. The van der Waals surface area contributed by atoms with Gasteiger partial charge in [-0.3, -0.25) is 0 Å². The van der Waals surface area contributed by atoms with Gasteiger partial charge in [0.2, 0.25) is 0 Å². The van der Waals surface area contributed by atoms with Crippen molar-refractivity contribution in [3.8, 4) is 17.2 Å². The molecular weight excluding hydrogens is 673 g/mol. The molecular formula is C45H60N6O3. The maximum Gasteiger partial charge on any atom is 0.256 e. The SMILES string of the molecule is CCCCCCCOc1ccc(/C=N/c2nc(/N=C/c3ccc(OCCCCCCC)cc3)nc(/N=C/c3ccc(OCCCCCCC)cc3)n2)cc1. The van der Waals surface area contributed by atoms with Crippen LogP contribution in [0.25, 0.3) is 0 Å². The fourth-order valence-electron chi connectivity index (χ4n) is 5.55. The molecule has 0 aliphatic heterocycles. The zero-order chi connectivity index (χ0) is 37.9. The third-order valence-electron chi connectivity index (χ3n) is 8.78. The molecule has 0 unspecified atom stereocenters. The quantitative estimate of drug-likeness (QED) is 0.0446. The summed E-state index contributed by atoms with van der Waals surface area (Å²) in [5.74, 6) is 3.17. The summed E-state index contributed by atoms with van der Waals surface area (Å²) in [6, 6.07) is 23.6. The summed E-state index contributed by atoms with van der Waals surface area (Å²) in [7, 11) is 0. The maximum absolute atomic E-state index is 5.92. The van der Waals surface area contributed by atoms with Crippen LogP contribution in [-0.2, 0) is 0 Å². The Morgan fingerprint density at radius 3 is 0.889 bits per heavy atom. The summed E-state index contributed by atoms with van der Waals surface area (Å²) in [5.41, 5.74) is 2.69. The Balaban J connectivity index is 1.41. The van der Waals surface area contributed by atoms with Gasteiger partial charge < -0.3 is 14.2 Å². The lowest BCUT2D eigenvalue weighted by molar-refractivity contribution is 0.304. The van der Waals surface area contributed by atoms with Gasteiger partial charge >= 0.3 is 0 Å². The van der Waals surface area contributed by atoms with E-state index in [1.807, 2.05) is 72.8 Å².